The van der Waals surface area contributed by atoms with Crippen LogP contribution in [0, 0.1) is 0 Å². The van der Waals surface area contributed by atoms with Crippen molar-refractivity contribution in [1.82, 2.24) is 0 Å². The number of halogens is 3. The standard InChI is InChI=1S/C4H9F3OSi/c1-9(2,3-8)4(5,6)7/h8H,3H2,1-2H3. The maximum Gasteiger partial charge on any atom is 0.363 e. The van der Waals surface area contributed by atoms with E-state index in [1.165, 1.54) is 0 Å². The molecule has 56 valence electrons. The first-order valence-corrected chi connectivity index (χ1v) is 5.69. The molecule has 0 aromatic heterocycles. The Morgan fingerprint density at radius 3 is 1.67 bits per heavy atom. The second-order valence-electron chi connectivity index (χ2n) is 2.54. The summed E-state index contributed by atoms with van der Waals surface area (Å²) in [5.41, 5.74) is 0. The molecule has 0 fully saturated rings. The third kappa shape index (κ3) is 1.98. The van der Waals surface area contributed by atoms with Gasteiger partial charge in [0.1, 0.15) is 0 Å². The van der Waals surface area contributed by atoms with Gasteiger partial charge in [-0.15, -0.1) is 0 Å². The van der Waals surface area contributed by atoms with E-state index in [2.05, 4.69) is 0 Å². The van der Waals surface area contributed by atoms with Gasteiger partial charge in [-0.25, -0.2) is 0 Å². The zero-order chi connectivity index (χ0) is 7.71. The Morgan fingerprint density at radius 2 is 1.67 bits per heavy atom. The van der Waals surface area contributed by atoms with Crippen LogP contribution in [0.15, 0.2) is 0 Å². The van der Waals surface area contributed by atoms with E-state index in [-0.39, 0.29) is 0 Å². The summed E-state index contributed by atoms with van der Waals surface area (Å²) in [7, 11) is -3.32. The van der Waals surface area contributed by atoms with Crippen LogP contribution in [0.2, 0.25) is 13.1 Å². The van der Waals surface area contributed by atoms with E-state index in [4.69, 9.17) is 5.11 Å². The molecule has 0 aromatic rings. The Morgan fingerprint density at radius 1 is 1.33 bits per heavy atom. The molecule has 0 aliphatic rings. The predicted molar refractivity (Wildman–Crippen MR) is 30.6 cm³/mol. The molecule has 0 radical (unpaired) electrons. The number of alkyl halides is 3. The van der Waals surface area contributed by atoms with Crippen LogP contribution in [0.1, 0.15) is 0 Å². The zero-order valence-electron chi connectivity index (χ0n) is 5.29. The van der Waals surface area contributed by atoms with Gasteiger partial charge in [-0.3, -0.25) is 0 Å². The van der Waals surface area contributed by atoms with Crippen molar-refractivity contribution in [3.8, 4) is 0 Å². The van der Waals surface area contributed by atoms with Gasteiger partial charge in [0.2, 0.25) is 8.07 Å². The summed E-state index contributed by atoms with van der Waals surface area (Å²) < 4.78 is 35.2. The molecule has 0 aliphatic heterocycles. The molecule has 0 aliphatic carbocycles. The maximum absolute atomic E-state index is 11.7. The van der Waals surface area contributed by atoms with Crippen molar-refractivity contribution in [3.05, 3.63) is 0 Å². The summed E-state index contributed by atoms with van der Waals surface area (Å²) >= 11 is 0. The Balaban J connectivity index is 4.14. The van der Waals surface area contributed by atoms with Crippen LogP contribution in [0.3, 0.4) is 0 Å². The first-order valence-electron chi connectivity index (χ1n) is 2.49. The second-order valence-corrected chi connectivity index (χ2v) is 7.19. The molecular formula is C4H9F3OSi. The minimum atomic E-state index is -4.16. The van der Waals surface area contributed by atoms with Crippen molar-refractivity contribution in [2.75, 3.05) is 6.23 Å². The zero-order valence-corrected chi connectivity index (χ0v) is 6.29. The van der Waals surface area contributed by atoms with Gasteiger partial charge in [0.25, 0.3) is 0 Å². The Kier molecular flexibility index (Phi) is 2.29. The van der Waals surface area contributed by atoms with Crippen molar-refractivity contribution in [2.24, 2.45) is 0 Å². The average molecular weight is 158 g/mol. The van der Waals surface area contributed by atoms with Crippen LogP contribution in [-0.4, -0.2) is 25.2 Å². The van der Waals surface area contributed by atoms with Crippen molar-refractivity contribution in [1.29, 1.82) is 0 Å². The molecule has 0 aromatic carbocycles. The summed E-state index contributed by atoms with van der Waals surface area (Å²) in [6.45, 7) is 2.18. The molecule has 9 heavy (non-hydrogen) atoms. The molecule has 0 saturated carbocycles. The third-order valence-electron chi connectivity index (χ3n) is 1.16. The lowest BCUT2D eigenvalue weighted by atomic mass is 11.5. The molecule has 0 bridgehead atoms. The number of hydrogen-bond acceptors (Lipinski definition) is 1. The number of rotatable bonds is 1. The van der Waals surface area contributed by atoms with Gasteiger partial charge in [-0.05, 0) is 0 Å². The second kappa shape index (κ2) is 2.30. The average Bonchev–Trinajstić information content (AvgIpc) is 1.64. The van der Waals surface area contributed by atoms with Crippen LogP contribution in [0.5, 0.6) is 0 Å². The summed E-state index contributed by atoms with van der Waals surface area (Å²) in [6, 6.07) is 0. The van der Waals surface area contributed by atoms with Gasteiger partial charge in [0.15, 0.2) is 0 Å². The topological polar surface area (TPSA) is 20.2 Å². The van der Waals surface area contributed by atoms with Gasteiger partial charge in [-0.1, -0.05) is 13.1 Å². The molecule has 0 amide bonds. The van der Waals surface area contributed by atoms with Crippen molar-refractivity contribution in [2.45, 2.75) is 18.9 Å². The molecule has 0 atom stereocenters. The molecule has 0 rings (SSSR count). The summed E-state index contributed by atoms with van der Waals surface area (Å²) in [5, 5.41) is 8.27. The molecule has 0 saturated heterocycles. The predicted octanol–water partition coefficient (Wildman–Crippen LogP) is 1.33. The van der Waals surface area contributed by atoms with Gasteiger partial charge in [0.05, 0.1) is 0 Å². The van der Waals surface area contributed by atoms with Crippen LogP contribution >= 0.6 is 0 Å². The Hall–Kier alpha value is -0.0331. The molecule has 5 heteroatoms. The lowest BCUT2D eigenvalue weighted by Gasteiger charge is -2.21. The van der Waals surface area contributed by atoms with Gasteiger partial charge >= 0.3 is 5.80 Å². The minimum Gasteiger partial charge on any atom is -0.399 e. The monoisotopic (exact) mass is 158 g/mol. The van der Waals surface area contributed by atoms with E-state index in [0.717, 1.165) is 13.1 Å². The summed E-state index contributed by atoms with van der Waals surface area (Å²) in [5.74, 6) is -4.16. The number of hydrogen-bond donors (Lipinski definition) is 1. The smallest absolute Gasteiger partial charge is 0.363 e. The van der Waals surface area contributed by atoms with E-state index in [1.54, 1.807) is 0 Å². The summed E-state index contributed by atoms with van der Waals surface area (Å²) in [4.78, 5) is 0. The highest BCUT2D eigenvalue weighted by Crippen LogP contribution is 2.27. The van der Waals surface area contributed by atoms with Gasteiger partial charge < -0.3 is 5.11 Å². The van der Waals surface area contributed by atoms with E-state index < -0.39 is 20.1 Å². The fourth-order valence-electron chi connectivity index (χ4n) is 0.0896. The van der Waals surface area contributed by atoms with Crippen molar-refractivity contribution in [3.63, 3.8) is 0 Å². The molecule has 0 unspecified atom stereocenters. The SMILES string of the molecule is C[Si](C)(CO)C(F)(F)F. The van der Waals surface area contributed by atoms with Gasteiger partial charge in [0, 0.05) is 6.23 Å². The Labute approximate surface area is 52.5 Å². The largest absolute Gasteiger partial charge is 0.399 e. The highest BCUT2D eigenvalue weighted by molar-refractivity contribution is 6.79. The summed E-state index contributed by atoms with van der Waals surface area (Å²) in [6.07, 6.45) is -0.726. The van der Waals surface area contributed by atoms with E-state index in [9.17, 15) is 13.2 Å². The minimum absolute atomic E-state index is 0.726. The van der Waals surface area contributed by atoms with E-state index in [0.29, 0.717) is 0 Å². The third-order valence-corrected chi connectivity index (χ3v) is 3.49. The highest BCUT2D eigenvalue weighted by atomic mass is 28.3. The van der Waals surface area contributed by atoms with Crippen LogP contribution in [-0.2, 0) is 0 Å². The molecule has 1 N–H and O–H groups in total. The quantitative estimate of drug-likeness (QED) is 0.571. The van der Waals surface area contributed by atoms with Crippen LogP contribution in [0.4, 0.5) is 13.2 Å². The lowest BCUT2D eigenvalue weighted by Crippen LogP contribution is -2.48. The van der Waals surface area contributed by atoms with Crippen LogP contribution in [0.25, 0.3) is 0 Å². The molecule has 0 spiro atoms. The fourth-order valence-corrected chi connectivity index (χ4v) is 0.269. The van der Waals surface area contributed by atoms with Gasteiger partial charge in [-0.2, -0.15) is 13.2 Å². The van der Waals surface area contributed by atoms with E-state index >= 15 is 0 Å². The van der Waals surface area contributed by atoms with E-state index in [1.807, 2.05) is 0 Å². The normalized spacial score (nSPS) is 14.0. The molecular weight excluding hydrogens is 149 g/mol. The Bertz CT molecular complexity index is 98.5. The first-order chi connectivity index (χ1) is 3.81. The fraction of sp³-hybridized carbons (Fsp3) is 1.00. The maximum atomic E-state index is 11.7. The molecule has 1 nitrogen and oxygen atoms in total. The van der Waals surface area contributed by atoms with Crippen molar-refractivity contribution >= 4 is 8.07 Å². The molecule has 0 heterocycles. The number of aliphatic hydroxyl groups is 1. The highest BCUT2D eigenvalue weighted by Gasteiger charge is 2.48. The first kappa shape index (κ1) is 8.97. The van der Waals surface area contributed by atoms with Crippen LogP contribution < -0.4 is 0 Å². The lowest BCUT2D eigenvalue weighted by molar-refractivity contribution is -0.0585. The van der Waals surface area contributed by atoms with Crippen molar-refractivity contribution < 1.29 is 18.3 Å². The number of aliphatic hydroxyl groups excluding tert-OH is 1.